The van der Waals surface area contributed by atoms with Gasteiger partial charge in [-0.1, -0.05) is 29.8 Å². The van der Waals surface area contributed by atoms with Crippen molar-refractivity contribution >= 4 is 34.4 Å². The molecule has 10 heteroatoms. The number of nitrogens with zero attached hydrogens (tertiary/aromatic N) is 2. The normalized spacial score (nSPS) is 25.2. The maximum absolute atomic E-state index is 13.9. The highest BCUT2D eigenvalue weighted by Crippen LogP contribution is 2.55. The molecule has 2 aromatic carbocycles. The Kier molecular flexibility index (Phi) is 6.98. The highest BCUT2D eigenvalue weighted by atomic mass is 35.5. The summed E-state index contributed by atoms with van der Waals surface area (Å²) in [5, 5.41) is 14.8. The van der Waals surface area contributed by atoms with Crippen LogP contribution in [0.2, 0.25) is 5.02 Å². The Labute approximate surface area is 258 Å². The number of aliphatic hydroxyl groups is 1. The Morgan fingerprint density at radius 1 is 1.02 bits per heavy atom. The molecule has 4 saturated carbocycles. The number of hydrogen-bond donors (Lipinski definition) is 2. The first-order chi connectivity index (χ1) is 21.1. The zero-order chi connectivity index (χ0) is 30.7. The van der Waals surface area contributed by atoms with Crippen LogP contribution >= 0.6 is 11.6 Å². The van der Waals surface area contributed by atoms with Crippen molar-refractivity contribution in [3.8, 4) is 5.69 Å². The number of carbonyl (C=O) groups is 2. The van der Waals surface area contributed by atoms with E-state index >= 15 is 0 Å². The summed E-state index contributed by atoms with van der Waals surface area (Å²) >= 11 is 6.31. The third kappa shape index (κ3) is 4.84. The number of rotatable bonds is 6. The topological polar surface area (TPSA) is 120 Å². The first kappa shape index (κ1) is 28.6. The molecular formula is C34H32ClN3O6. The van der Waals surface area contributed by atoms with Gasteiger partial charge in [0.2, 0.25) is 0 Å². The molecule has 226 valence electrons. The Morgan fingerprint density at radius 3 is 2.41 bits per heavy atom. The van der Waals surface area contributed by atoms with Gasteiger partial charge in [0.15, 0.2) is 5.43 Å². The minimum Gasteiger partial charge on any atom is -0.464 e. The SMILES string of the molecule is COC(=O)c1c(Cn2ccc(C(=O)NC3[C@@H]4CC5C[C@H]3CC(O)(C5)C4)cc2=O)c(=O)c2ccc(Cl)cc2n1-c1ccccc1. The Balaban J connectivity index is 1.24. The first-order valence-electron chi connectivity index (χ1n) is 14.9. The van der Waals surface area contributed by atoms with E-state index in [9.17, 15) is 24.3 Å². The molecule has 3 unspecified atom stereocenters. The van der Waals surface area contributed by atoms with Gasteiger partial charge in [0.05, 0.1) is 30.3 Å². The van der Waals surface area contributed by atoms with Crippen molar-refractivity contribution in [1.29, 1.82) is 0 Å². The monoisotopic (exact) mass is 613 g/mol. The molecule has 4 bridgehead atoms. The van der Waals surface area contributed by atoms with Crippen molar-refractivity contribution in [2.45, 2.75) is 50.3 Å². The van der Waals surface area contributed by atoms with Crippen molar-refractivity contribution in [2.24, 2.45) is 17.8 Å². The number of pyridine rings is 2. The zero-order valence-corrected chi connectivity index (χ0v) is 24.9. The maximum atomic E-state index is 13.9. The Bertz CT molecular complexity index is 1920. The molecule has 2 aromatic heterocycles. The van der Waals surface area contributed by atoms with Crippen molar-refractivity contribution < 1.29 is 19.4 Å². The van der Waals surface area contributed by atoms with E-state index in [1.54, 1.807) is 41.0 Å². The summed E-state index contributed by atoms with van der Waals surface area (Å²) < 4.78 is 8.05. The third-order valence-electron chi connectivity index (χ3n) is 9.75. The number of esters is 1. The smallest absolute Gasteiger partial charge is 0.355 e. The van der Waals surface area contributed by atoms with Crippen molar-refractivity contribution in [1.82, 2.24) is 14.5 Å². The summed E-state index contributed by atoms with van der Waals surface area (Å²) in [4.78, 5) is 53.8. The largest absolute Gasteiger partial charge is 0.464 e. The average Bonchev–Trinajstić information content (AvgIpc) is 3.00. The number of fused-ring (bicyclic) bond motifs is 1. The van der Waals surface area contributed by atoms with Gasteiger partial charge in [0.25, 0.3) is 11.5 Å². The molecule has 44 heavy (non-hydrogen) atoms. The summed E-state index contributed by atoms with van der Waals surface area (Å²) in [6.07, 6.45) is 5.74. The van der Waals surface area contributed by atoms with E-state index in [4.69, 9.17) is 16.3 Å². The van der Waals surface area contributed by atoms with Crippen LogP contribution in [-0.4, -0.2) is 44.9 Å². The quantitative estimate of drug-likeness (QED) is 0.313. The van der Waals surface area contributed by atoms with Gasteiger partial charge in [-0.15, -0.1) is 0 Å². The minimum absolute atomic E-state index is 0.0178. The van der Waals surface area contributed by atoms with E-state index in [0.29, 0.717) is 40.4 Å². The fourth-order valence-corrected chi connectivity index (χ4v) is 8.28. The number of amides is 1. The molecular weight excluding hydrogens is 582 g/mol. The van der Waals surface area contributed by atoms with E-state index in [-0.39, 0.29) is 47.2 Å². The molecule has 9 nitrogen and oxygen atoms in total. The van der Waals surface area contributed by atoms with E-state index < -0.39 is 22.6 Å². The van der Waals surface area contributed by atoms with Gasteiger partial charge in [-0.3, -0.25) is 14.4 Å². The second kappa shape index (κ2) is 10.7. The first-order valence-corrected chi connectivity index (χ1v) is 15.3. The molecule has 2 N–H and O–H groups in total. The van der Waals surface area contributed by atoms with Crippen LogP contribution in [0, 0.1) is 17.8 Å². The van der Waals surface area contributed by atoms with Crippen LogP contribution in [0.5, 0.6) is 0 Å². The van der Waals surface area contributed by atoms with Crippen molar-refractivity contribution in [3.63, 3.8) is 0 Å². The van der Waals surface area contributed by atoms with Crippen LogP contribution in [0.3, 0.4) is 0 Å². The van der Waals surface area contributed by atoms with Gasteiger partial charge in [-0.05, 0) is 86.3 Å². The summed E-state index contributed by atoms with van der Waals surface area (Å²) in [5.41, 5.74) is -0.211. The fraction of sp³-hybridized carbons (Fsp3) is 0.353. The third-order valence-corrected chi connectivity index (χ3v) is 9.98. The lowest BCUT2D eigenvalue weighted by atomic mass is 9.52. The molecule has 4 aromatic rings. The number of nitrogens with one attached hydrogen (secondary N) is 1. The molecule has 1 amide bonds. The van der Waals surface area contributed by atoms with Gasteiger partial charge < -0.3 is 24.3 Å². The summed E-state index contributed by atoms with van der Waals surface area (Å²) in [7, 11) is 1.23. The molecule has 0 aliphatic heterocycles. The van der Waals surface area contributed by atoms with Crippen LogP contribution in [-0.2, 0) is 11.3 Å². The second-order valence-electron chi connectivity index (χ2n) is 12.6. The highest BCUT2D eigenvalue weighted by Gasteiger charge is 2.55. The number of halogens is 1. The van der Waals surface area contributed by atoms with E-state index in [0.717, 1.165) is 19.3 Å². The zero-order valence-electron chi connectivity index (χ0n) is 24.2. The van der Waals surface area contributed by atoms with Crippen LogP contribution in [0.4, 0.5) is 0 Å². The van der Waals surface area contributed by atoms with Crippen LogP contribution < -0.4 is 16.3 Å². The molecule has 4 aliphatic rings. The Hall–Kier alpha value is -4.21. The van der Waals surface area contributed by atoms with E-state index in [2.05, 4.69) is 5.32 Å². The number of hydrogen-bond acceptors (Lipinski definition) is 6. The minimum atomic E-state index is -0.743. The number of methoxy groups -OCH3 is 1. The van der Waals surface area contributed by atoms with Gasteiger partial charge in [-0.25, -0.2) is 4.79 Å². The molecule has 0 radical (unpaired) electrons. The fourth-order valence-electron chi connectivity index (χ4n) is 8.11. The maximum Gasteiger partial charge on any atom is 0.355 e. The number of para-hydroxylation sites is 1. The van der Waals surface area contributed by atoms with Crippen molar-refractivity contribution in [3.05, 3.63) is 109 Å². The molecule has 5 atom stereocenters. The molecule has 0 spiro atoms. The van der Waals surface area contributed by atoms with E-state index in [1.165, 1.54) is 23.9 Å². The predicted molar refractivity (Wildman–Crippen MR) is 165 cm³/mol. The Morgan fingerprint density at radius 2 is 1.75 bits per heavy atom. The lowest BCUT2D eigenvalue weighted by molar-refractivity contribution is -0.136. The van der Waals surface area contributed by atoms with Gasteiger partial charge in [0, 0.05) is 40.0 Å². The van der Waals surface area contributed by atoms with Gasteiger partial charge >= 0.3 is 5.97 Å². The second-order valence-corrected chi connectivity index (χ2v) is 13.0. The molecule has 8 rings (SSSR count). The lowest BCUT2D eigenvalue weighted by Crippen LogP contribution is -2.61. The van der Waals surface area contributed by atoms with E-state index in [1.807, 2.05) is 18.2 Å². The summed E-state index contributed by atoms with van der Waals surface area (Å²) in [5.74, 6) is -0.0815. The number of aromatic nitrogens is 2. The standard InChI is InChI=1S/C34H32ClN3O6/c1-44-33(42)30-26(31(40)25-8-7-23(35)14-27(25)38(30)24-5-3-2-4-6-24)18-37-10-9-20(13-28(37)39)32(41)36-29-21-11-19-12-22(29)17-34(43,15-19)16-21/h2-10,13-14,19,21-22,29,43H,11-12,15-18H2,1H3,(H,36,41)/t19?,21-,22+,29?,34?. The highest BCUT2D eigenvalue weighted by molar-refractivity contribution is 6.31. The summed E-state index contributed by atoms with van der Waals surface area (Å²) in [6.45, 7) is -0.220. The predicted octanol–water partition coefficient (Wildman–Crippen LogP) is 4.31. The molecule has 0 saturated heterocycles. The van der Waals surface area contributed by atoms with Crippen LogP contribution in [0.15, 0.2) is 76.4 Å². The number of carbonyl (C=O) groups excluding carboxylic acids is 2. The number of benzene rings is 2. The van der Waals surface area contributed by atoms with Crippen LogP contribution in [0.25, 0.3) is 16.6 Å². The molecule has 2 heterocycles. The van der Waals surface area contributed by atoms with Gasteiger partial charge in [0.1, 0.15) is 5.69 Å². The number of ether oxygens (including phenoxy) is 1. The summed E-state index contributed by atoms with van der Waals surface area (Å²) in [6, 6.07) is 16.7. The van der Waals surface area contributed by atoms with Crippen molar-refractivity contribution in [2.75, 3.05) is 7.11 Å². The molecule has 4 aliphatic carbocycles. The molecule has 4 fully saturated rings. The van der Waals surface area contributed by atoms with Crippen LogP contribution in [0.1, 0.15) is 58.5 Å². The van der Waals surface area contributed by atoms with Gasteiger partial charge in [-0.2, -0.15) is 0 Å². The average molecular weight is 614 g/mol. The lowest BCUT2D eigenvalue weighted by Gasteiger charge is -2.58.